The van der Waals surface area contributed by atoms with Crippen molar-refractivity contribution in [3.8, 4) is 0 Å². The molecule has 5 nitrogen and oxygen atoms in total. The van der Waals surface area contributed by atoms with Gasteiger partial charge in [-0.05, 0) is 13.3 Å². The number of nitrogens with one attached hydrogen (secondary N) is 1. The van der Waals surface area contributed by atoms with Gasteiger partial charge in [-0.3, -0.25) is 14.2 Å². The molecule has 0 radical (unpaired) electrons. The van der Waals surface area contributed by atoms with Gasteiger partial charge in [0.25, 0.3) is 0 Å². The van der Waals surface area contributed by atoms with Crippen molar-refractivity contribution in [2.24, 2.45) is 0 Å². The zero-order valence-corrected chi connectivity index (χ0v) is 9.27. The number of hydrogen-bond donors (Lipinski definition) is 1. The van der Waals surface area contributed by atoms with Gasteiger partial charge < -0.3 is 5.32 Å². The largest absolute Gasteiger partial charge is 0.352 e. The van der Waals surface area contributed by atoms with E-state index in [4.69, 9.17) is 0 Å². The van der Waals surface area contributed by atoms with Crippen molar-refractivity contribution in [1.82, 2.24) is 14.9 Å². The first-order chi connectivity index (χ1) is 7.61. The number of amides is 1. The molecule has 0 aliphatic rings. The Morgan fingerprint density at radius 2 is 2.25 bits per heavy atom. The molecule has 1 N–H and O–H groups in total. The monoisotopic (exact) mass is 221 g/mol. The Hall–Kier alpha value is -1.91. The van der Waals surface area contributed by atoms with Crippen molar-refractivity contribution in [3.63, 3.8) is 0 Å². The van der Waals surface area contributed by atoms with Gasteiger partial charge in [0.15, 0.2) is 0 Å². The Labute approximate surface area is 94.2 Å². The number of hydrogen-bond acceptors (Lipinski definition) is 3. The Morgan fingerprint density at radius 1 is 1.50 bits per heavy atom. The summed E-state index contributed by atoms with van der Waals surface area (Å²) < 4.78 is 1.43. The summed E-state index contributed by atoms with van der Waals surface area (Å²) in [7, 11) is 0. The van der Waals surface area contributed by atoms with E-state index in [1.807, 2.05) is 0 Å². The highest BCUT2D eigenvalue weighted by Crippen LogP contribution is 1.95. The average Bonchev–Trinajstić information content (AvgIpc) is 2.76. The van der Waals surface area contributed by atoms with E-state index >= 15 is 0 Å². The molecule has 0 bridgehead atoms. The summed E-state index contributed by atoms with van der Waals surface area (Å²) in [4.78, 5) is 26.4. The third kappa shape index (κ3) is 3.68. The van der Waals surface area contributed by atoms with E-state index in [1.165, 1.54) is 10.9 Å². The second kappa shape index (κ2) is 5.85. The van der Waals surface area contributed by atoms with Crippen LogP contribution in [0.5, 0.6) is 0 Å². The van der Waals surface area contributed by atoms with E-state index in [0.717, 1.165) is 0 Å². The van der Waals surface area contributed by atoms with Crippen LogP contribution in [0.4, 0.5) is 0 Å². The first kappa shape index (κ1) is 12.2. The standard InChI is InChI=1S/C11H15N3O2/c1-9(2)11(16)13-5-3-4-10(15)14-7-6-12-8-14/h6-8H,1,3-5H2,2H3,(H,13,16). The van der Waals surface area contributed by atoms with Crippen molar-refractivity contribution in [2.45, 2.75) is 19.8 Å². The molecule has 0 aliphatic carbocycles. The van der Waals surface area contributed by atoms with E-state index in [1.54, 1.807) is 19.3 Å². The number of carbonyl (C=O) groups excluding carboxylic acids is 2. The van der Waals surface area contributed by atoms with E-state index < -0.39 is 0 Å². The Bertz CT molecular complexity index is 382. The Morgan fingerprint density at radius 3 is 2.81 bits per heavy atom. The maximum absolute atomic E-state index is 11.5. The zero-order valence-electron chi connectivity index (χ0n) is 9.27. The van der Waals surface area contributed by atoms with Gasteiger partial charge in [-0.2, -0.15) is 0 Å². The van der Waals surface area contributed by atoms with E-state index in [9.17, 15) is 9.59 Å². The first-order valence-corrected chi connectivity index (χ1v) is 5.06. The highest BCUT2D eigenvalue weighted by Gasteiger charge is 2.04. The second-order valence-electron chi connectivity index (χ2n) is 3.50. The molecule has 1 aromatic heterocycles. The summed E-state index contributed by atoms with van der Waals surface area (Å²) >= 11 is 0. The number of rotatable bonds is 5. The molecule has 0 aliphatic heterocycles. The number of imidazole rings is 1. The van der Waals surface area contributed by atoms with E-state index in [0.29, 0.717) is 25.0 Å². The smallest absolute Gasteiger partial charge is 0.246 e. The SMILES string of the molecule is C=C(C)C(=O)NCCCC(=O)n1ccnc1. The Balaban J connectivity index is 2.19. The summed E-state index contributed by atoms with van der Waals surface area (Å²) in [6, 6.07) is 0. The van der Waals surface area contributed by atoms with Crippen LogP contribution >= 0.6 is 0 Å². The molecule has 0 atom stereocenters. The van der Waals surface area contributed by atoms with Gasteiger partial charge in [-0.25, -0.2) is 4.98 Å². The molecule has 0 aromatic carbocycles. The maximum atomic E-state index is 11.5. The zero-order chi connectivity index (χ0) is 12.0. The summed E-state index contributed by atoms with van der Waals surface area (Å²) in [5, 5.41) is 2.67. The highest BCUT2D eigenvalue weighted by atomic mass is 16.2. The highest BCUT2D eigenvalue weighted by molar-refractivity contribution is 5.92. The predicted molar refractivity (Wildman–Crippen MR) is 59.9 cm³/mol. The molecule has 0 saturated carbocycles. The maximum Gasteiger partial charge on any atom is 0.246 e. The molecule has 0 spiro atoms. The molecule has 1 rings (SSSR count). The topological polar surface area (TPSA) is 64.0 Å². The van der Waals surface area contributed by atoms with Crippen molar-refractivity contribution in [1.29, 1.82) is 0 Å². The number of aromatic nitrogens is 2. The number of nitrogens with zero attached hydrogens (tertiary/aromatic N) is 2. The molecule has 1 aromatic rings. The van der Waals surface area contributed by atoms with Gasteiger partial charge in [0.1, 0.15) is 6.33 Å². The van der Waals surface area contributed by atoms with Crippen molar-refractivity contribution in [3.05, 3.63) is 30.9 Å². The molecule has 0 fully saturated rings. The quantitative estimate of drug-likeness (QED) is 0.596. The number of carbonyl (C=O) groups is 2. The van der Waals surface area contributed by atoms with Gasteiger partial charge in [-0.1, -0.05) is 6.58 Å². The van der Waals surface area contributed by atoms with Crippen LogP contribution in [0.25, 0.3) is 0 Å². The fourth-order valence-electron chi connectivity index (χ4n) is 1.13. The summed E-state index contributed by atoms with van der Waals surface area (Å²) in [5.74, 6) is -0.197. The summed E-state index contributed by atoms with van der Waals surface area (Å²) in [6.07, 6.45) is 5.62. The van der Waals surface area contributed by atoms with Crippen LogP contribution in [0.15, 0.2) is 30.9 Å². The van der Waals surface area contributed by atoms with Gasteiger partial charge in [0.05, 0.1) is 0 Å². The molecule has 0 unspecified atom stereocenters. The van der Waals surface area contributed by atoms with Gasteiger partial charge in [-0.15, -0.1) is 0 Å². The minimum Gasteiger partial charge on any atom is -0.352 e. The van der Waals surface area contributed by atoms with Crippen LogP contribution in [-0.2, 0) is 4.79 Å². The minimum atomic E-state index is -0.171. The van der Waals surface area contributed by atoms with Crippen LogP contribution in [0.1, 0.15) is 24.6 Å². The molecule has 86 valence electrons. The van der Waals surface area contributed by atoms with Crippen molar-refractivity contribution >= 4 is 11.8 Å². The molecule has 1 heterocycles. The summed E-state index contributed by atoms with van der Waals surface area (Å²) in [6.45, 7) is 5.64. The first-order valence-electron chi connectivity index (χ1n) is 5.06. The van der Waals surface area contributed by atoms with E-state index in [2.05, 4.69) is 16.9 Å². The van der Waals surface area contributed by atoms with Crippen LogP contribution in [0.3, 0.4) is 0 Å². The molecule has 1 amide bonds. The van der Waals surface area contributed by atoms with Gasteiger partial charge in [0, 0.05) is 30.9 Å². The third-order valence-electron chi connectivity index (χ3n) is 2.03. The second-order valence-corrected chi connectivity index (χ2v) is 3.50. The molecule has 16 heavy (non-hydrogen) atoms. The lowest BCUT2D eigenvalue weighted by Gasteiger charge is -2.04. The van der Waals surface area contributed by atoms with Crippen molar-refractivity contribution < 1.29 is 9.59 Å². The van der Waals surface area contributed by atoms with Crippen molar-refractivity contribution in [2.75, 3.05) is 6.54 Å². The van der Waals surface area contributed by atoms with Crippen LogP contribution in [0, 0.1) is 0 Å². The Kier molecular flexibility index (Phi) is 4.44. The normalized spacial score (nSPS) is 9.81. The molecule has 0 saturated heterocycles. The lowest BCUT2D eigenvalue weighted by Crippen LogP contribution is -2.25. The van der Waals surface area contributed by atoms with Crippen LogP contribution in [-0.4, -0.2) is 27.9 Å². The van der Waals surface area contributed by atoms with Gasteiger partial charge >= 0.3 is 0 Å². The molecule has 5 heteroatoms. The van der Waals surface area contributed by atoms with E-state index in [-0.39, 0.29) is 11.8 Å². The molecular weight excluding hydrogens is 206 g/mol. The lowest BCUT2D eigenvalue weighted by molar-refractivity contribution is -0.117. The van der Waals surface area contributed by atoms with Gasteiger partial charge in [0.2, 0.25) is 11.8 Å². The minimum absolute atomic E-state index is 0.0259. The molecular formula is C11H15N3O2. The fourth-order valence-corrected chi connectivity index (χ4v) is 1.13. The van der Waals surface area contributed by atoms with Crippen LogP contribution in [0.2, 0.25) is 0 Å². The third-order valence-corrected chi connectivity index (χ3v) is 2.03. The summed E-state index contributed by atoms with van der Waals surface area (Å²) in [5.41, 5.74) is 0.473. The van der Waals surface area contributed by atoms with Crippen LogP contribution < -0.4 is 5.32 Å². The predicted octanol–water partition coefficient (Wildman–Crippen LogP) is 0.996. The fraction of sp³-hybridized carbons (Fsp3) is 0.364. The lowest BCUT2D eigenvalue weighted by atomic mass is 10.2. The average molecular weight is 221 g/mol.